The Hall–Kier alpha value is -0.120. The number of benzene rings is 1. The molecule has 0 aliphatic carbocycles. The molecule has 3 heteroatoms. The molecule has 0 aliphatic rings. The molecule has 0 aromatic heterocycles. The van der Waals surface area contributed by atoms with Crippen LogP contribution < -0.4 is 0 Å². The summed E-state index contributed by atoms with van der Waals surface area (Å²) in [6.07, 6.45) is 1.26. The van der Waals surface area contributed by atoms with Gasteiger partial charge in [0, 0.05) is 4.90 Å². The molecule has 0 spiro atoms. The van der Waals surface area contributed by atoms with Crippen LogP contribution in [-0.4, -0.2) is 22.4 Å². The zero-order valence-electron chi connectivity index (χ0n) is 9.11. The van der Waals surface area contributed by atoms with Crippen LogP contribution in [0.3, 0.4) is 0 Å². The molecule has 1 N–H and O–H groups in total. The van der Waals surface area contributed by atoms with Crippen LogP contribution in [0.4, 0.5) is 0 Å². The fraction of sp³-hybridized carbons (Fsp3) is 0.500. The zero-order valence-corrected chi connectivity index (χ0v) is 10.7. The first-order chi connectivity index (χ1) is 7.36. The molecular formula is C12H18OS2. The van der Waals surface area contributed by atoms with E-state index in [4.69, 9.17) is 5.11 Å². The Kier molecular flexibility index (Phi) is 6.98. The molecule has 0 saturated carbocycles. The Balaban J connectivity index is 2.24. The van der Waals surface area contributed by atoms with Gasteiger partial charge in [-0.05, 0) is 41.4 Å². The first kappa shape index (κ1) is 12.9. The Morgan fingerprint density at radius 2 is 2.13 bits per heavy atom. The van der Waals surface area contributed by atoms with Crippen LogP contribution in [0.1, 0.15) is 18.9 Å². The highest BCUT2D eigenvalue weighted by atomic mass is 32.2. The largest absolute Gasteiger partial charge is 0.392 e. The minimum atomic E-state index is 0.139. The summed E-state index contributed by atoms with van der Waals surface area (Å²) < 4.78 is 0. The first-order valence-electron chi connectivity index (χ1n) is 5.27. The number of hydrogen-bond acceptors (Lipinski definition) is 3. The van der Waals surface area contributed by atoms with Gasteiger partial charge < -0.3 is 5.11 Å². The average molecular weight is 242 g/mol. The lowest BCUT2D eigenvalue weighted by Gasteiger charge is -2.03. The van der Waals surface area contributed by atoms with Crippen LogP contribution >= 0.6 is 23.5 Å². The molecule has 0 radical (unpaired) electrons. The summed E-state index contributed by atoms with van der Waals surface area (Å²) in [6.45, 7) is 2.34. The number of hydrogen-bond donors (Lipinski definition) is 1. The molecule has 1 aromatic rings. The predicted molar refractivity (Wildman–Crippen MR) is 70.7 cm³/mol. The van der Waals surface area contributed by atoms with Crippen LogP contribution in [0.2, 0.25) is 0 Å². The molecule has 0 heterocycles. The lowest BCUT2D eigenvalue weighted by molar-refractivity contribution is 0.281. The molecule has 0 fully saturated rings. The van der Waals surface area contributed by atoms with Gasteiger partial charge in [0.15, 0.2) is 0 Å². The van der Waals surface area contributed by atoms with E-state index in [-0.39, 0.29) is 6.61 Å². The van der Waals surface area contributed by atoms with Crippen molar-refractivity contribution in [3.8, 4) is 0 Å². The molecule has 15 heavy (non-hydrogen) atoms. The fourth-order valence-electron chi connectivity index (χ4n) is 1.23. The van der Waals surface area contributed by atoms with Crippen LogP contribution in [0.5, 0.6) is 0 Å². The lowest BCUT2D eigenvalue weighted by atomic mass is 10.2. The summed E-state index contributed by atoms with van der Waals surface area (Å²) in [5.41, 5.74) is 1.00. The molecule has 0 bridgehead atoms. The van der Waals surface area contributed by atoms with E-state index in [1.165, 1.54) is 28.6 Å². The van der Waals surface area contributed by atoms with Gasteiger partial charge in [-0.2, -0.15) is 11.8 Å². The second kappa shape index (κ2) is 8.08. The quantitative estimate of drug-likeness (QED) is 0.584. The molecule has 0 atom stereocenters. The predicted octanol–water partition coefficient (Wildman–Crippen LogP) is 3.41. The highest BCUT2D eigenvalue weighted by Gasteiger charge is 1.96. The van der Waals surface area contributed by atoms with Gasteiger partial charge in [-0.3, -0.25) is 0 Å². The summed E-state index contributed by atoms with van der Waals surface area (Å²) in [7, 11) is 0. The molecule has 1 rings (SSSR count). The highest BCUT2D eigenvalue weighted by Crippen LogP contribution is 2.20. The maximum atomic E-state index is 8.99. The summed E-state index contributed by atoms with van der Waals surface area (Å²) >= 11 is 3.87. The number of aliphatic hydroxyl groups excluding tert-OH is 1. The summed E-state index contributed by atoms with van der Waals surface area (Å²) in [6, 6.07) is 8.14. The van der Waals surface area contributed by atoms with Gasteiger partial charge in [-0.15, -0.1) is 11.8 Å². The van der Waals surface area contributed by atoms with Gasteiger partial charge in [-0.25, -0.2) is 0 Å². The van der Waals surface area contributed by atoms with Crippen molar-refractivity contribution in [3.05, 3.63) is 29.8 Å². The normalized spacial score (nSPS) is 10.5. The van der Waals surface area contributed by atoms with Crippen molar-refractivity contribution < 1.29 is 5.11 Å². The van der Waals surface area contributed by atoms with Gasteiger partial charge in [-0.1, -0.05) is 19.1 Å². The Labute approximate surface area is 101 Å². The summed E-state index contributed by atoms with van der Waals surface area (Å²) in [5.74, 6) is 3.63. The number of rotatable bonds is 7. The molecule has 1 aromatic carbocycles. The van der Waals surface area contributed by atoms with Gasteiger partial charge in [0.1, 0.15) is 0 Å². The van der Waals surface area contributed by atoms with E-state index in [0.717, 1.165) is 5.56 Å². The van der Waals surface area contributed by atoms with E-state index in [0.29, 0.717) is 0 Å². The number of aliphatic hydroxyl groups is 1. The van der Waals surface area contributed by atoms with E-state index in [9.17, 15) is 0 Å². The average Bonchev–Trinajstić information content (AvgIpc) is 2.29. The molecule has 0 amide bonds. The Morgan fingerprint density at radius 3 is 2.87 bits per heavy atom. The molecule has 1 nitrogen and oxygen atoms in total. The second-order valence-corrected chi connectivity index (χ2v) is 5.77. The number of thioether (sulfide) groups is 2. The molecule has 0 saturated heterocycles. The van der Waals surface area contributed by atoms with Crippen LogP contribution in [0.25, 0.3) is 0 Å². The Bertz CT molecular complexity index is 276. The maximum absolute atomic E-state index is 8.99. The Morgan fingerprint density at radius 1 is 1.27 bits per heavy atom. The van der Waals surface area contributed by atoms with Crippen LogP contribution in [0, 0.1) is 0 Å². The highest BCUT2D eigenvalue weighted by molar-refractivity contribution is 8.00. The van der Waals surface area contributed by atoms with Crippen molar-refractivity contribution in [3.63, 3.8) is 0 Å². The van der Waals surface area contributed by atoms with Crippen molar-refractivity contribution in [1.82, 2.24) is 0 Å². The van der Waals surface area contributed by atoms with E-state index >= 15 is 0 Å². The minimum Gasteiger partial charge on any atom is -0.392 e. The van der Waals surface area contributed by atoms with Gasteiger partial charge in [0.05, 0.1) is 6.61 Å². The second-order valence-electron chi connectivity index (χ2n) is 3.20. The summed E-state index contributed by atoms with van der Waals surface area (Å²) in [4.78, 5) is 1.27. The maximum Gasteiger partial charge on any atom is 0.0682 e. The third-order valence-electron chi connectivity index (χ3n) is 1.99. The summed E-state index contributed by atoms with van der Waals surface area (Å²) in [5, 5.41) is 8.99. The molecule has 0 unspecified atom stereocenters. The zero-order chi connectivity index (χ0) is 10.9. The van der Waals surface area contributed by atoms with Gasteiger partial charge in [0.25, 0.3) is 0 Å². The van der Waals surface area contributed by atoms with E-state index < -0.39 is 0 Å². The topological polar surface area (TPSA) is 20.2 Å². The standard InChI is InChI=1S/C12H18OS2/c1-2-14-7-4-8-15-12-6-3-5-11(9-12)10-13/h3,5-6,9,13H,2,4,7-8,10H2,1H3. The van der Waals surface area contributed by atoms with Crippen LogP contribution in [0.15, 0.2) is 29.2 Å². The van der Waals surface area contributed by atoms with E-state index in [1.54, 1.807) is 0 Å². The van der Waals surface area contributed by atoms with Crippen molar-refractivity contribution in [1.29, 1.82) is 0 Å². The van der Waals surface area contributed by atoms with Crippen molar-refractivity contribution >= 4 is 23.5 Å². The molecular weight excluding hydrogens is 224 g/mol. The molecule has 84 valence electrons. The molecule has 0 aliphatic heterocycles. The third-order valence-corrected chi connectivity index (χ3v) is 4.05. The smallest absolute Gasteiger partial charge is 0.0682 e. The van der Waals surface area contributed by atoms with Crippen molar-refractivity contribution in [2.24, 2.45) is 0 Å². The monoisotopic (exact) mass is 242 g/mol. The van der Waals surface area contributed by atoms with E-state index in [2.05, 4.69) is 19.1 Å². The first-order valence-corrected chi connectivity index (χ1v) is 7.41. The SMILES string of the molecule is CCSCCCSc1cccc(CO)c1. The third kappa shape index (κ3) is 5.50. The van der Waals surface area contributed by atoms with Gasteiger partial charge in [0.2, 0.25) is 0 Å². The fourth-order valence-corrected chi connectivity index (χ4v) is 2.98. The van der Waals surface area contributed by atoms with Crippen molar-refractivity contribution in [2.75, 3.05) is 17.3 Å². The van der Waals surface area contributed by atoms with Crippen LogP contribution in [-0.2, 0) is 6.61 Å². The van der Waals surface area contributed by atoms with Gasteiger partial charge >= 0.3 is 0 Å². The van der Waals surface area contributed by atoms with E-state index in [1.807, 2.05) is 35.7 Å². The minimum absolute atomic E-state index is 0.139. The van der Waals surface area contributed by atoms with Crippen molar-refractivity contribution in [2.45, 2.75) is 24.8 Å². The lowest BCUT2D eigenvalue weighted by Crippen LogP contribution is -1.86.